The first-order valence-electron chi connectivity index (χ1n) is 11.5. The van der Waals surface area contributed by atoms with Crippen LogP contribution in [0.15, 0.2) is 53.6 Å². The van der Waals surface area contributed by atoms with Crippen molar-refractivity contribution < 1.29 is 26.9 Å². The minimum Gasteiger partial charge on any atom is -0.358 e. The zero-order valence-electron chi connectivity index (χ0n) is 20.0. The maximum Gasteiger partial charge on any atom is 0.401 e. The van der Waals surface area contributed by atoms with Gasteiger partial charge in [0.25, 0.3) is 0 Å². The van der Waals surface area contributed by atoms with Gasteiger partial charge in [-0.2, -0.15) is 18.3 Å². The summed E-state index contributed by atoms with van der Waals surface area (Å²) in [6, 6.07) is 5.26. The fourth-order valence-electron chi connectivity index (χ4n) is 3.85. The van der Waals surface area contributed by atoms with Crippen LogP contribution in [-0.2, 0) is 21.9 Å². The molecule has 5 rings (SSSR count). The maximum absolute atomic E-state index is 14.8. The average molecular weight is 531 g/mol. The number of benzene rings is 1. The first-order valence-corrected chi connectivity index (χ1v) is 11.5. The summed E-state index contributed by atoms with van der Waals surface area (Å²) in [7, 11) is 16.7. The highest BCUT2D eigenvalue weighted by Crippen LogP contribution is 2.59. The van der Waals surface area contributed by atoms with Crippen molar-refractivity contribution in [3.63, 3.8) is 0 Å². The van der Waals surface area contributed by atoms with E-state index in [4.69, 9.17) is 28.1 Å². The van der Waals surface area contributed by atoms with E-state index in [1.54, 1.807) is 6.07 Å². The molecule has 0 unspecified atom stereocenters. The first-order chi connectivity index (χ1) is 18.3. The molecule has 9 nitrogen and oxygen atoms in total. The maximum atomic E-state index is 14.8. The highest BCUT2D eigenvalue weighted by molar-refractivity contribution is 6.56. The van der Waals surface area contributed by atoms with Gasteiger partial charge < -0.3 is 15.2 Å². The molecule has 6 radical (unpaired) electrons. The van der Waals surface area contributed by atoms with Gasteiger partial charge in [0, 0.05) is 30.2 Å². The SMILES string of the molecule is [B]C([B])([B])n1cc(Nc2ncc(-c3ccc(CC(=O)Nc4cc(C5(C(F)(F)F)CC5)on4)c(F)c3)cn2)cn1. The third kappa shape index (κ3) is 5.54. The lowest BCUT2D eigenvalue weighted by atomic mass is 9.49. The summed E-state index contributed by atoms with van der Waals surface area (Å²) >= 11 is 0. The number of amides is 1. The first kappa shape index (κ1) is 26.5. The largest absolute Gasteiger partial charge is 0.401 e. The number of carbonyl (C=O) groups is 1. The summed E-state index contributed by atoms with van der Waals surface area (Å²) in [5.41, 5.74) is -0.543. The van der Waals surface area contributed by atoms with Gasteiger partial charge in [0.05, 0.1) is 41.8 Å². The van der Waals surface area contributed by atoms with Crippen LogP contribution in [0.1, 0.15) is 24.2 Å². The molecule has 3 heterocycles. The van der Waals surface area contributed by atoms with Gasteiger partial charge in [0.2, 0.25) is 11.9 Å². The van der Waals surface area contributed by atoms with Crippen LogP contribution in [0.3, 0.4) is 0 Å². The van der Waals surface area contributed by atoms with Crippen molar-refractivity contribution >= 4 is 46.9 Å². The molecule has 0 aliphatic heterocycles. The number of alkyl halides is 3. The van der Waals surface area contributed by atoms with Gasteiger partial charge in [-0.1, -0.05) is 17.3 Å². The van der Waals surface area contributed by atoms with Crippen LogP contribution < -0.4 is 10.6 Å². The summed E-state index contributed by atoms with van der Waals surface area (Å²) in [5, 5.41) is 11.0. The quantitative estimate of drug-likeness (QED) is 0.266. The summed E-state index contributed by atoms with van der Waals surface area (Å²) in [5.74, 6) is -1.64. The Bertz CT molecular complexity index is 1510. The Hall–Kier alpha value is -4.10. The molecule has 2 N–H and O–H groups in total. The predicted octanol–water partition coefficient (Wildman–Crippen LogP) is 3.06. The highest BCUT2D eigenvalue weighted by atomic mass is 19.4. The Kier molecular flexibility index (Phi) is 6.51. The van der Waals surface area contributed by atoms with Gasteiger partial charge in [-0.15, -0.1) is 0 Å². The van der Waals surface area contributed by atoms with Crippen LogP contribution >= 0.6 is 0 Å². The van der Waals surface area contributed by atoms with Crippen molar-refractivity contribution in [3.05, 3.63) is 66.2 Å². The molecule has 0 saturated heterocycles. The summed E-state index contributed by atoms with van der Waals surface area (Å²) < 4.78 is 60.5. The van der Waals surface area contributed by atoms with E-state index in [-0.39, 0.29) is 42.4 Å². The molecule has 192 valence electrons. The second-order valence-electron chi connectivity index (χ2n) is 9.17. The van der Waals surface area contributed by atoms with Gasteiger partial charge in [0.1, 0.15) is 11.2 Å². The molecule has 39 heavy (non-hydrogen) atoms. The van der Waals surface area contributed by atoms with Crippen LogP contribution in [0.25, 0.3) is 11.1 Å². The van der Waals surface area contributed by atoms with Crippen LogP contribution in [0.4, 0.5) is 35.0 Å². The van der Waals surface area contributed by atoms with Crippen LogP contribution in [0, 0.1) is 5.82 Å². The van der Waals surface area contributed by atoms with Crippen molar-refractivity contribution in [1.82, 2.24) is 24.9 Å². The zero-order chi connectivity index (χ0) is 28.0. The average Bonchev–Trinajstić information content (AvgIpc) is 3.33. The van der Waals surface area contributed by atoms with Crippen LogP contribution in [-0.4, -0.2) is 60.5 Å². The molecule has 0 bridgehead atoms. The molecule has 1 fully saturated rings. The molecule has 16 heteroatoms. The fraction of sp³-hybridized carbons (Fsp3) is 0.261. The minimum absolute atomic E-state index is 0.0703. The lowest BCUT2D eigenvalue weighted by molar-refractivity contribution is -0.165. The Labute approximate surface area is 223 Å². The van der Waals surface area contributed by atoms with Crippen molar-refractivity contribution in [1.29, 1.82) is 0 Å². The van der Waals surface area contributed by atoms with Crippen LogP contribution in [0.5, 0.6) is 0 Å². The van der Waals surface area contributed by atoms with Crippen molar-refractivity contribution in [2.75, 3.05) is 10.6 Å². The van der Waals surface area contributed by atoms with E-state index < -0.39 is 28.6 Å². The standard InChI is InChI=1S/C23H16B3F4N7O2/c24-23(25,26)37-11-15(10-33-37)34-20-31-8-14(9-32-20)12-1-2-13(16(27)5-12)6-19(38)35-18-7-17(39-36-18)21(3-4-21)22(28,29)30/h1-2,5,7-11H,3-4,6H2,(H,31,32,34)(H,35,36,38). The monoisotopic (exact) mass is 531 g/mol. The number of hydrogen-bond acceptors (Lipinski definition) is 7. The molecule has 0 spiro atoms. The van der Waals surface area contributed by atoms with Crippen molar-refractivity contribution in [2.45, 2.75) is 36.1 Å². The third-order valence-electron chi connectivity index (χ3n) is 6.17. The smallest absolute Gasteiger partial charge is 0.358 e. The molecule has 1 aliphatic rings. The highest BCUT2D eigenvalue weighted by Gasteiger charge is 2.66. The van der Waals surface area contributed by atoms with E-state index >= 15 is 0 Å². The number of hydrogen-bond donors (Lipinski definition) is 2. The van der Waals surface area contributed by atoms with Gasteiger partial charge in [0.15, 0.2) is 11.6 Å². The Morgan fingerprint density at radius 3 is 2.38 bits per heavy atom. The van der Waals surface area contributed by atoms with E-state index in [0.29, 0.717) is 16.8 Å². The lowest BCUT2D eigenvalue weighted by Crippen LogP contribution is -2.35. The molecule has 3 aromatic heterocycles. The Balaban J connectivity index is 1.20. The van der Waals surface area contributed by atoms with E-state index in [1.807, 2.05) is 0 Å². The lowest BCUT2D eigenvalue weighted by Gasteiger charge is -2.20. The molecule has 1 amide bonds. The summed E-state index contributed by atoms with van der Waals surface area (Å²) in [4.78, 5) is 20.7. The van der Waals surface area contributed by atoms with Gasteiger partial charge in [-0.05, 0) is 35.3 Å². The normalized spacial score (nSPS) is 14.7. The van der Waals surface area contributed by atoms with Crippen molar-refractivity contribution in [2.24, 2.45) is 0 Å². The Morgan fingerprint density at radius 2 is 1.79 bits per heavy atom. The molecule has 4 aromatic rings. The number of nitrogens with one attached hydrogen (secondary N) is 2. The van der Waals surface area contributed by atoms with Crippen LogP contribution in [0.2, 0.25) is 0 Å². The zero-order valence-corrected chi connectivity index (χ0v) is 20.0. The number of rotatable bonds is 8. The molecular formula is C23H16B3F4N7O2. The molecule has 0 atom stereocenters. The van der Waals surface area contributed by atoms with E-state index in [1.165, 1.54) is 36.9 Å². The number of aromatic nitrogens is 5. The third-order valence-corrected chi connectivity index (χ3v) is 6.17. The number of halogens is 4. The van der Waals surface area contributed by atoms with Gasteiger partial charge in [-0.25, -0.2) is 14.4 Å². The second kappa shape index (κ2) is 9.58. The van der Waals surface area contributed by atoms with E-state index in [0.717, 1.165) is 10.7 Å². The summed E-state index contributed by atoms with van der Waals surface area (Å²) in [6.45, 7) is 0. The Morgan fingerprint density at radius 1 is 1.08 bits per heavy atom. The number of anilines is 3. The molecule has 1 saturated carbocycles. The molecule has 1 aromatic carbocycles. The van der Waals surface area contributed by atoms with Gasteiger partial charge in [-0.3, -0.25) is 9.48 Å². The second-order valence-corrected chi connectivity index (χ2v) is 9.17. The topological polar surface area (TPSA) is 111 Å². The number of nitrogens with zero attached hydrogens (tertiary/aromatic N) is 5. The molecule has 1 aliphatic carbocycles. The minimum atomic E-state index is -4.47. The van der Waals surface area contributed by atoms with E-state index in [9.17, 15) is 22.4 Å². The van der Waals surface area contributed by atoms with E-state index in [2.05, 4.69) is 30.9 Å². The number of carbonyl (C=O) groups excluding carboxylic acids is 1. The summed E-state index contributed by atoms with van der Waals surface area (Å²) in [6.07, 6.45) is 0.772. The fourth-order valence-corrected chi connectivity index (χ4v) is 3.85. The molecular weight excluding hydrogens is 515 g/mol. The predicted molar refractivity (Wildman–Crippen MR) is 134 cm³/mol. The van der Waals surface area contributed by atoms with Crippen molar-refractivity contribution in [3.8, 4) is 11.1 Å². The van der Waals surface area contributed by atoms with Gasteiger partial charge >= 0.3 is 6.18 Å².